The van der Waals surface area contributed by atoms with Gasteiger partial charge in [0.25, 0.3) is 0 Å². The molecule has 188 valence electrons. The molecule has 0 heterocycles. The standard InChI is InChI=1S/C31H52O2/c1-19(2)23(29(4,5)6)10-9-20(3)24-11-12-25-28-26(14-16-31(24,25)8)30(7)15-13-22(32)17-21(30)18-27(28)33/h18,20,22-28,32-33H,1,9-17H2,2-8H3. The zero-order valence-electron chi connectivity index (χ0n) is 22.7. The molecule has 33 heavy (non-hydrogen) atoms. The number of rotatable bonds is 5. The number of hydrogen-bond donors (Lipinski definition) is 2. The van der Waals surface area contributed by atoms with Crippen molar-refractivity contribution in [3.63, 3.8) is 0 Å². The highest BCUT2D eigenvalue weighted by molar-refractivity contribution is 5.28. The van der Waals surface area contributed by atoms with Gasteiger partial charge in [0.2, 0.25) is 0 Å². The van der Waals surface area contributed by atoms with Crippen LogP contribution in [-0.4, -0.2) is 22.4 Å². The minimum Gasteiger partial charge on any atom is -0.393 e. The molecule has 3 fully saturated rings. The predicted molar refractivity (Wildman–Crippen MR) is 139 cm³/mol. The molecular weight excluding hydrogens is 404 g/mol. The Labute approximate surface area is 204 Å². The lowest BCUT2D eigenvalue weighted by molar-refractivity contribution is -0.0972. The van der Waals surface area contributed by atoms with Crippen molar-refractivity contribution >= 4 is 0 Å². The summed E-state index contributed by atoms with van der Waals surface area (Å²) in [6.07, 6.45) is 12.2. The van der Waals surface area contributed by atoms with Gasteiger partial charge in [0.1, 0.15) is 0 Å². The van der Waals surface area contributed by atoms with Gasteiger partial charge in [0.05, 0.1) is 12.2 Å². The topological polar surface area (TPSA) is 40.5 Å². The van der Waals surface area contributed by atoms with Crippen LogP contribution >= 0.6 is 0 Å². The maximum atomic E-state index is 11.4. The number of hydrogen-bond acceptors (Lipinski definition) is 2. The molecule has 0 saturated heterocycles. The average molecular weight is 457 g/mol. The second-order valence-corrected chi connectivity index (χ2v) is 14.3. The number of aliphatic hydroxyl groups excluding tert-OH is 2. The van der Waals surface area contributed by atoms with Crippen LogP contribution in [0.25, 0.3) is 0 Å². The summed E-state index contributed by atoms with van der Waals surface area (Å²) in [6, 6.07) is 0. The van der Waals surface area contributed by atoms with E-state index in [1.807, 2.05) is 0 Å². The van der Waals surface area contributed by atoms with E-state index in [0.717, 1.165) is 31.1 Å². The Morgan fingerprint density at radius 1 is 1.06 bits per heavy atom. The summed E-state index contributed by atoms with van der Waals surface area (Å²) < 4.78 is 0. The van der Waals surface area contributed by atoms with Gasteiger partial charge in [-0.05, 0) is 116 Å². The Balaban J connectivity index is 1.51. The van der Waals surface area contributed by atoms with E-state index < -0.39 is 0 Å². The van der Waals surface area contributed by atoms with E-state index in [2.05, 4.69) is 61.1 Å². The molecule has 10 atom stereocenters. The molecule has 0 aliphatic heterocycles. The van der Waals surface area contributed by atoms with Gasteiger partial charge in [-0.15, -0.1) is 0 Å². The fourth-order valence-electron chi connectivity index (χ4n) is 9.65. The smallest absolute Gasteiger partial charge is 0.0757 e. The van der Waals surface area contributed by atoms with Crippen LogP contribution in [0.5, 0.6) is 0 Å². The van der Waals surface area contributed by atoms with Gasteiger partial charge in [0, 0.05) is 0 Å². The second-order valence-electron chi connectivity index (χ2n) is 14.3. The van der Waals surface area contributed by atoms with Gasteiger partial charge in [-0.1, -0.05) is 65.3 Å². The fraction of sp³-hybridized carbons (Fsp3) is 0.871. The predicted octanol–water partition coefficient (Wildman–Crippen LogP) is 7.55. The number of allylic oxidation sites excluding steroid dienone is 1. The molecule has 2 heteroatoms. The first-order valence-electron chi connectivity index (χ1n) is 14.0. The van der Waals surface area contributed by atoms with Crippen LogP contribution in [0.15, 0.2) is 23.8 Å². The first kappa shape index (κ1) is 25.5. The van der Waals surface area contributed by atoms with Crippen molar-refractivity contribution in [2.75, 3.05) is 0 Å². The van der Waals surface area contributed by atoms with Crippen molar-refractivity contribution in [3.8, 4) is 0 Å². The molecule has 0 bridgehead atoms. The summed E-state index contributed by atoms with van der Waals surface area (Å²) >= 11 is 0. The molecule has 4 rings (SSSR count). The Morgan fingerprint density at radius 2 is 1.76 bits per heavy atom. The van der Waals surface area contributed by atoms with Crippen molar-refractivity contribution in [3.05, 3.63) is 23.8 Å². The second kappa shape index (κ2) is 8.81. The van der Waals surface area contributed by atoms with Crippen molar-refractivity contribution in [2.24, 2.45) is 51.8 Å². The van der Waals surface area contributed by atoms with Crippen LogP contribution in [0.1, 0.15) is 106 Å². The van der Waals surface area contributed by atoms with Gasteiger partial charge >= 0.3 is 0 Å². The van der Waals surface area contributed by atoms with Crippen LogP contribution < -0.4 is 0 Å². The molecule has 0 amide bonds. The Morgan fingerprint density at radius 3 is 2.39 bits per heavy atom. The summed E-state index contributed by atoms with van der Waals surface area (Å²) in [6.45, 7) is 21.2. The number of aliphatic hydroxyl groups is 2. The molecule has 2 nitrogen and oxygen atoms in total. The largest absolute Gasteiger partial charge is 0.393 e. The van der Waals surface area contributed by atoms with E-state index in [4.69, 9.17) is 0 Å². The van der Waals surface area contributed by atoms with E-state index in [1.165, 1.54) is 49.7 Å². The lowest BCUT2D eigenvalue weighted by atomic mass is 9.46. The van der Waals surface area contributed by atoms with Gasteiger partial charge in [0.15, 0.2) is 0 Å². The van der Waals surface area contributed by atoms with Crippen LogP contribution in [-0.2, 0) is 0 Å². The fourth-order valence-corrected chi connectivity index (χ4v) is 9.65. The first-order valence-corrected chi connectivity index (χ1v) is 14.0. The van der Waals surface area contributed by atoms with Crippen LogP contribution in [0.2, 0.25) is 0 Å². The van der Waals surface area contributed by atoms with E-state index in [0.29, 0.717) is 29.1 Å². The highest BCUT2D eigenvalue weighted by Gasteiger charge is 2.61. The molecule has 0 aromatic heterocycles. The van der Waals surface area contributed by atoms with Crippen molar-refractivity contribution < 1.29 is 10.2 Å². The molecule has 0 radical (unpaired) electrons. The third-order valence-electron chi connectivity index (χ3n) is 11.4. The van der Waals surface area contributed by atoms with Crippen molar-refractivity contribution in [1.29, 1.82) is 0 Å². The zero-order chi connectivity index (χ0) is 24.3. The molecular formula is C31H52O2. The van der Waals surface area contributed by atoms with E-state index in [-0.39, 0.29) is 23.0 Å². The summed E-state index contributed by atoms with van der Waals surface area (Å²) in [5, 5.41) is 21.7. The van der Waals surface area contributed by atoms with E-state index in [1.54, 1.807) is 0 Å². The molecule has 10 unspecified atom stereocenters. The minimum absolute atomic E-state index is 0.190. The Kier molecular flexibility index (Phi) is 6.80. The van der Waals surface area contributed by atoms with Gasteiger partial charge in [-0.2, -0.15) is 0 Å². The van der Waals surface area contributed by atoms with Crippen molar-refractivity contribution in [1.82, 2.24) is 0 Å². The summed E-state index contributed by atoms with van der Waals surface area (Å²) in [4.78, 5) is 0. The molecule has 3 saturated carbocycles. The van der Waals surface area contributed by atoms with Gasteiger partial charge < -0.3 is 10.2 Å². The number of fused-ring (bicyclic) bond motifs is 5. The first-order chi connectivity index (χ1) is 15.3. The SMILES string of the molecule is C=C(C)C(CCC(C)C1CCC2C3C(O)C=C4CC(O)CCC4(C)C3CCC12C)C(C)(C)C. The van der Waals surface area contributed by atoms with Crippen LogP contribution in [0.3, 0.4) is 0 Å². The summed E-state index contributed by atoms with van der Waals surface area (Å²) in [5.74, 6) is 3.72. The summed E-state index contributed by atoms with van der Waals surface area (Å²) in [5.41, 5.74) is 3.53. The van der Waals surface area contributed by atoms with Crippen molar-refractivity contribution in [2.45, 2.75) is 118 Å². The summed E-state index contributed by atoms with van der Waals surface area (Å²) in [7, 11) is 0. The maximum Gasteiger partial charge on any atom is 0.0757 e. The monoisotopic (exact) mass is 456 g/mol. The Bertz CT molecular complexity index is 774. The Hall–Kier alpha value is -0.600. The molecule has 2 N–H and O–H groups in total. The highest BCUT2D eigenvalue weighted by atomic mass is 16.3. The zero-order valence-corrected chi connectivity index (χ0v) is 22.7. The molecule has 4 aliphatic rings. The lowest BCUT2D eigenvalue weighted by Crippen LogP contribution is -2.55. The quantitative estimate of drug-likeness (QED) is 0.419. The third-order valence-corrected chi connectivity index (χ3v) is 11.4. The van der Waals surface area contributed by atoms with E-state index >= 15 is 0 Å². The normalized spacial score (nSPS) is 44.8. The molecule has 0 spiro atoms. The maximum absolute atomic E-state index is 11.4. The average Bonchev–Trinajstić information content (AvgIpc) is 3.05. The highest BCUT2D eigenvalue weighted by Crippen LogP contribution is 2.67. The van der Waals surface area contributed by atoms with Crippen LogP contribution in [0, 0.1) is 51.8 Å². The van der Waals surface area contributed by atoms with E-state index in [9.17, 15) is 10.2 Å². The van der Waals surface area contributed by atoms with Crippen LogP contribution in [0.4, 0.5) is 0 Å². The third kappa shape index (κ3) is 4.31. The lowest BCUT2D eigenvalue weighted by Gasteiger charge is -2.59. The molecule has 0 aromatic carbocycles. The molecule has 4 aliphatic carbocycles. The van der Waals surface area contributed by atoms with Gasteiger partial charge in [-0.25, -0.2) is 0 Å². The van der Waals surface area contributed by atoms with Gasteiger partial charge in [-0.3, -0.25) is 0 Å². The molecule has 0 aromatic rings. The minimum atomic E-state index is -0.323.